The highest BCUT2D eigenvalue weighted by Gasteiger charge is 2.38. The van der Waals surface area contributed by atoms with Crippen LogP contribution in [0.3, 0.4) is 0 Å². The van der Waals surface area contributed by atoms with Gasteiger partial charge in [0.25, 0.3) is 0 Å². The van der Waals surface area contributed by atoms with Crippen LogP contribution >= 0.6 is 34.7 Å². The highest BCUT2D eigenvalue weighted by molar-refractivity contribution is 8.00. The number of benzene rings is 2. The van der Waals surface area contributed by atoms with E-state index in [-0.39, 0.29) is 29.4 Å². The zero-order valence-electron chi connectivity index (χ0n) is 22.1. The fourth-order valence-electron chi connectivity index (χ4n) is 4.55. The predicted octanol–water partition coefficient (Wildman–Crippen LogP) is 5.58. The van der Waals surface area contributed by atoms with Gasteiger partial charge in [0.15, 0.2) is 0 Å². The number of amides is 2. The molecule has 0 saturated heterocycles. The number of anilines is 1. The summed E-state index contributed by atoms with van der Waals surface area (Å²) in [7, 11) is 3.24. The fourth-order valence-corrected chi connectivity index (χ4v) is 6.85. The number of nitrogens with one attached hydrogen (secondary N) is 1. The smallest absolute Gasteiger partial charge is 0.240 e. The first-order valence-corrected chi connectivity index (χ1v) is 15.0. The number of thioether (sulfide) groups is 1. The molecule has 0 fully saturated rings. The van der Waals surface area contributed by atoms with Crippen molar-refractivity contribution < 1.29 is 19.1 Å². The lowest BCUT2D eigenvalue weighted by atomic mass is 10.0. The Labute approximate surface area is 246 Å². The number of aromatic nitrogens is 2. The molecule has 1 aliphatic heterocycles. The van der Waals surface area contributed by atoms with E-state index in [4.69, 9.17) is 26.2 Å². The lowest BCUT2D eigenvalue weighted by Gasteiger charge is -2.23. The fraction of sp³-hybridized carbons (Fsp3) is 0.276. The summed E-state index contributed by atoms with van der Waals surface area (Å²) in [6, 6.07) is 19.1. The molecule has 2 aromatic heterocycles. The number of nitrogens with zero attached hydrogens (tertiary/aromatic N) is 3. The van der Waals surface area contributed by atoms with E-state index in [0.717, 1.165) is 27.4 Å². The molecule has 40 heavy (non-hydrogen) atoms. The SMILES string of the molecule is COCCCNC(=O)CN1C(=O)CSC(c2cccs2)c2c(-c3ccc(Cl)cc3)nn(-c3ccc(OC)cc3)c21. The number of rotatable bonds is 10. The van der Waals surface area contributed by atoms with Crippen molar-refractivity contribution in [3.05, 3.63) is 81.5 Å². The highest BCUT2D eigenvalue weighted by atomic mass is 35.5. The molecule has 1 atom stereocenters. The molecular formula is C29H29ClN4O4S2. The van der Waals surface area contributed by atoms with E-state index < -0.39 is 0 Å². The van der Waals surface area contributed by atoms with Gasteiger partial charge in [-0.2, -0.15) is 5.10 Å². The number of ether oxygens (including phenoxy) is 2. The van der Waals surface area contributed by atoms with E-state index in [1.165, 1.54) is 0 Å². The molecule has 0 saturated carbocycles. The van der Waals surface area contributed by atoms with Gasteiger partial charge in [0, 0.05) is 41.3 Å². The van der Waals surface area contributed by atoms with Crippen LogP contribution in [0.1, 0.15) is 22.1 Å². The molecule has 1 aliphatic rings. The Bertz CT molecular complexity index is 1460. The van der Waals surface area contributed by atoms with Gasteiger partial charge in [-0.1, -0.05) is 29.8 Å². The average Bonchev–Trinajstić information content (AvgIpc) is 3.61. The molecule has 0 bridgehead atoms. The van der Waals surface area contributed by atoms with E-state index in [1.807, 2.05) is 60.0 Å². The van der Waals surface area contributed by atoms with Gasteiger partial charge >= 0.3 is 0 Å². The normalized spacial score (nSPS) is 15.0. The van der Waals surface area contributed by atoms with Crippen LogP contribution in [0.25, 0.3) is 16.9 Å². The molecule has 2 amide bonds. The van der Waals surface area contributed by atoms with E-state index >= 15 is 0 Å². The Kier molecular flexibility index (Phi) is 9.11. The van der Waals surface area contributed by atoms with Crippen molar-refractivity contribution in [1.82, 2.24) is 15.1 Å². The summed E-state index contributed by atoms with van der Waals surface area (Å²) in [5.41, 5.74) is 3.22. The quantitative estimate of drug-likeness (QED) is 0.240. The first-order valence-electron chi connectivity index (χ1n) is 12.7. The average molecular weight is 597 g/mol. The van der Waals surface area contributed by atoms with Gasteiger partial charge in [-0.25, -0.2) is 4.68 Å². The number of carbonyl (C=O) groups excluding carboxylic acids is 2. The van der Waals surface area contributed by atoms with Gasteiger partial charge in [-0.3, -0.25) is 14.5 Å². The van der Waals surface area contributed by atoms with Crippen LogP contribution in [0.15, 0.2) is 66.0 Å². The Morgan fingerprint density at radius 1 is 1.12 bits per heavy atom. The zero-order chi connectivity index (χ0) is 28.1. The van der Waals surface area contributed by atoms with Gasteiger partial charge in [0.05, 0.1) is 29.5 Å². The maximum atomic E-state index is 13.7. The molecule has 1 N–H and O–H groups in total. The van der Waals surface area contributed by atoms with Crippen molar-refractivity contribution in [1.29, 1.82) is 0 Å². The van der Waals surface area contributed by atoms with Crippen molar-refractivity contribution in [3.8, 4) is 22.7 Å². The van der Waals surface area contributed by atoms with Crippen LogP contribution in [-0.2, 0) is 14.3 Å². The van der Waals surface area contributed by atoms with Gasteiger partial charge < -0.3 is 14.8 Å². The summed E-state index contributed by atoms with van der Waals surface area (Å²) in [4.78, 5) is 29.5. The topological polar surface area (TPSA) is 85.7 Å². The second kappa shape index (κ2) is 12.9. The molecule has 2 aromatic carbocycles. The van der Waals surface area contributed by atoms with E-state index in [2.05, 4.69) is 11.4 Å². The number of hydrogen-bond acceptors (Lipinski definition) is 7. The first-order chi connectivity index (χ1) is 19.5. The summed E-state index contributed by atoms with van der Waals surface area (Å²) in [5, 5.41) is 10.5. The van der Waals surface area contributed by atoms with Crippen molar-refractivity contribution in [3.63, 3.8) is 0 Å². The lowest BCUT2D eigenvalue weighted by molar-refractivity contribution is -0.122. The molecule has 3 heterocycles. The van der Waals surface area contributed by atoms with Crippen LogP contribution < -0.4 is 15.0 Å². The third kappa shape index (κ3) is 6.05. The number of hydrogen-bond donors (Lipinski definition) is 1. The van der Waals surface area contributed by atoms with Crippen LogP contribution in [0, 0.1) is 0 Å². The molecule has 8 nitrogen and oxygen atoms in total. The molecule has 0 radical (unpaired) electrons. The van der Waals surface area contributed by atoms with Gasteiger partial charge in [0.2, 0.25) is 11.8 Å². The Balaban J connectivity index is 1.69. The molecule has 0 spiro atoms. The number of fused-ring (bicyclic) bond motifs is 1. The number of halogens is 1. The Hall–Kier alpha value is -3.31. The number of carbonyl (C=O) groups is 2. The second-order valence-electron chi connectivity index (χ2n) is 9.09. The summed E-state index contributed by atoms with van der Waals surface area (Å²) < 4.78 is 12.2. The maximum absolute atomic E-state index is 13.7. The third-order valence-electron chi connectivity index (χ3n) is 6.47. The number of thiophene rings is 1. The minimum Gasteiger partial charge on any atom is -0.497 e. The number of methoxy groups -OCH3 is 2. The molecule has 1 unspecified atom stereocenters. The van der Waals surface area contributed by atoms with Crippen LogP contribution in [0.2, 0.25) is 5.02 Å². The minimum atomic E-state index is -0.245. The second-order valence-corrected chi connectivity index (χ2v) is 11.6. The van der Waals surface area contributed by atoms with Crippen molar-refractivity contribution in [2.24, 2.45) is 0 Å². The molecular weight excluding hydrogens is 568 g/mol. The Morgan fingerprint density at radius 3 is 2.58 bits per heavy atom. The molecule has 208 valence electrons. The molecule has 5 rings (SSSR count). The predicted molar refractivity (Wildman–Crippen MR) is 161 cm³/mol. The van der Waals surface area contributed by atoms with Crippen LogP contribution in [0.5, 0.6) is 5.75 Å². The van der Waals surface area contributed by atoms with Gasteiger partial charge in [-0.15, -0.1) is 23.1 Å². The van der Waals surface area contributed by atoms with Crippen molar-refractivity contribution >= 4 is 52.3 Å². The lowest BCUT2D eigenvalue weighted by Crippen LogP contribution is -2.42. The third-order valence-corrected chi connectivity index (χ3v) is 9.05. The monoisotopic (exact) mass is 596 g/mol. The van der Waals surface area contributed by atoms with Crippen molar-refractivity contribution in [2.75, 3.05) is 44.6 Å². The van der Waals surface area contributed by atoms with E-state index in [1.54, 1.807) is 46.9 Å². The Morgan fingerprint density at radius 2 is 1.90 bits per heavy atom. The maximum Gasteiger partial charge on any atom is 0.240 e. The standard InChI is InChI=1S/C29H29ClN4O4S2/c1-37-15-4-14-31-24(35)17-33-25(36)18-40-28(23-5-3-16-39-23)26-27(19-6-8-20(30)9-7-19)32-34(29(26)33)21-10-12-22(38-2)13-11-21/h3,5-13,16,28H,4,14-15,17-18H2,1-2H3,(H,31,35). The summed E-state index contributed by atoms with van der Waals surface area (Å²) >= 11 is 9.40. The van der Waals surface area contributed by atoms with Crippen LogP contribution in [0.4, 0.5) is 5.82 Å². The zero-order valence-corrected chi connectivity index (χ0v) is 24.5. The summed E-state index contributed by atoms with van der Waals surface area (Å²) in [6.45, 7) is 0.876. The summed E-state index contributed by atoms with van der Waals surface area (Å²) in [5.74, 6) is 1.10. The van der Waals surface area contributed by atoms with Gasteiger partial charge in [-0.05, 0) is 54.3 Å². The minimum absolute atomic E-state index is 0.127. The van der Waals surface area contributed by atoms with E-state index in [0.29, 0.717) is 36.2 Å². The summed E-state index contributed by atoms with van der Waals surface area (Å²) in [6.07, 6.45) is 0.683. The first kappa shape index (κ1) is 28.2. The van der Waals surface area contributed by atoms with Crippen LogP contribution in [-0.4, -0.2) is 61.3 Å². The van der Waals surface area contributed by atoms with Gasteiger partial charge in [0.1, 0.15) is 18.1 Å². The largest absolute Gasteiger partial charge is 0.497 e. The van der Waals surface area contributed by atoms with Crippen molar-refractivity contribution in [2.45, 2.75) is 11.7 Å². The molecule has 11 heteroatoms. The van der Waals surface area contributed by atoms with E-state index in [9.17, 15) is 9.59 Å². The highest BCUT2D eigenvalue weighted by Crippen LogP contribution is 2.49. The molecule has 0 aliphatic carbocycles. The molecule has 4 aromatic rings.